The Bertz CT molecular complexity index is 173. The maximum atomic E-state index is 2.52. The Morgan fingerprint density at radius 1 is 1.33 bits per heavy atom. The Labute approximate surface area is 76.7 Å². The fraction of sp³-hybridized carbons (Fsp3) is 1.00. The van der Waals surface area contributed by atoms with Crippen molar-refractivity contribution in [2.24, 2.45) is 23.2 Å². The van der Waals surface area contributed by atoms with Crippen LogP contribution in [0.5, 0.6) is 0 Å². The van der Waals surface area contributed by atoms with Gasteiger partial charge in [-0.25, -0.2) is 0 Å². The summed E-state index contributed by atoms with van der Waals surface area (Å²) < 4.78 is 0. The number of rotatable bonds is 2. The second-order valence-corrected chi connectivity index (χ2v) is 5.55. The zero-order chi connectivity index (χ0) is 8.77. The van der Waals surface area contributed by atoms with Gasteiger partial charge in [0, 0.05) is 0 Å². The van der Waals surface area contributed by atoms with E-state index >= 15 is 0 Å². The van der Waals surface area contributed by atoms with Crippen molar-refractivity contribution < 1.29 is 0 Å². The highest BCUT2D eigenvalue weighted by Gasteiger charge is 2.52. The minimum absolute atomic E-state index is 0.754. The standard InChI is InChI=1S/C12H22/c1-4-5-12(3)8-10-6-9(2)7-11(10)12/h9-11H,4-8H2,1-3H3. The van der Waals surface area contributed by atoms with Crippen molar-refractivity contribution in [2.75, 3.05) is 0 Å². The highest BCUT2D eigenvalue weighted by Crippen LogP contribution is 2.62. The van der Waals surface area contributed by atoms with E-state index in [0.29, 0.717) is 0 Å². The zero-order valence-corrected chi connectivity index (χ0v) is 8.77. The van der Waals surface area contributed by atoms with E-state index in [0.717, 1.165) is 23.2 Å². The summed E-state index contributed by atoms with van der Waals surface area (Å²) in [6.07, 6.45) is 7.45. The molecule has 2 rings (SSSR count). The molecular weight excluding hydrogens is 144 g/mol. The van der Waals surface area contributed by atoms with Gasteiger partial charge in [0.25, 0.3) is 0 Å². The van der Waals surface area contributed by atoms with E-state index in [1.54, 1.807) is 0 Å². The van der Waals surface area contributed by atoms with Gasteiger partial charge in [-0.05, 0) is 48.9 Å². The van der Waals surface area contributed by atoms with Crippen molar-refractivity contribution in [3.63, 3.8) is 0 Å². The molecule has 0 heterocycles. The van der Waals surface area contributed by atoms with E-state index in [9.17, 15) is 0 Å². The summed E-state index contributed by atoms with van der Waals surface area (Å²) in [6.45, 7) is 7.29. The molecule has 2 aliphatic carbocycles. The maximum Gasteiger partial charge on any atom is -0.0292 e. The van der Waals surface area contributed by atoms with Crippen molar-refractivity contribution in [3.05, 3.63) is 0 Å². The van der Waals surface area contributed by atoms with E-state index < -0.39 is 0 Å². The topological polar surface area (TPSA) is 0 Å². The molecule has 0 aliphatic heterocycles. The monoisotopic (exact) mass is 166 g/mol. The van der Waals surface area contributed by atoms with Crippen LogP contribution in [0.15, 0.2) is 0 Å². The van der Waals surface area contributed by atoms with Crippen LogP contribution in [0.25, 0.3) is 0 Å². The first-order chi connectivity index (χ1) is 5.65. The van der Waals surface area contributed by atoms with E-state index in [2.05, 4.69) is 20.8 Å². The average molecular weight is 166 g/mol. The van der Waals surface area contributed by atoms with Gasteiger partial charge >= 0.3 is 0 Å². The van der Waals surface area contributed by atoms with E-state index in [-0.39, 0.29) is 0 Å². The van der Waals surface area contributed by atoms with Crippen LogP contribution in [0.3, 0.4) is 0 Å². The molecule has 0 nitrogen and oxygen atoms in total. The quantitative estimate of drug-likeness (QED) is 0.584. The minimum atomic E-state index is 0.754. The molecule has 70 valence electrons. The van der Waals surface area contributed by atoms with Crippen molar-refractivity contribution in [1.82, 2.24) is 0 Å². The molecule has 0 spiro atoms. The highest BCUT2D eigenvalue weighted by molar-refractivity contribution is 5.02. The van der Waals surface area contributed by atoms with Crippen LogP contribution in [0.2, 0.25) is 0 Å². The molecule has 0 aromatic rings. The summed E-state index contributed by atoms with van der Waals surface area (Å²) in [5.41, 5.74) is 0.754. The average Bonchev–Trinajstić information content (AvgIpc) is 2.29. The third kappa shape index (κ3) is 1.11. The van der Waals surface area contributed by atoms with Crippen molar-refractivity contribution in [3.8, 4) is 0 Å². The van der Waals surface area contributed by atoms with Crippen LogP contribution in [-0.2, 0) is 0 Å². The Balaban J connectivity index is 1.97. The van der Waals surface area contributed by atoms with E-state index in [4.69, 9.17) is 0 Å². The van der Waals surface area contributed by atoms with Gasteiger partial charge < -0.3 is 0 Å². The maximum absolute atomic E-state index is 2.52. The van der Waals surface area contributed by atoms with Gasteiger partial charge in [0.2, 0.25) is 0 Å². The molecule has 0 saturated heterocycles. The third-order valence-corrected chi connectivity index (χ3v) is 4.38. The molecule has 0 N–H and O–H groups in total. The van der Waals surface area contributed by atoms with Crippen LogP contribution in [-0.4, -0.2) is 0 Å². The van der Waals surface area contributed by atoms with Gasteiger partial charge in [0.1, 0.15) is 0 Å². The molecule has 4 atom stereocenters. The smallest absolute Gasteiger partial charge is 0.0292 e. The van der Waals surface area contributed by atoms with Crippen molar-refractivity contribution in [2.45, 2.75) is 52.9 Å². The van der Waals surface area contributed by atoms with Gasteiger partial charge in [-0.3, -0.25) is 0 Å². The molecule has 2 saturated carbocycles. The molecular formula is C12H22. The molecule has 0 heteroatoms. The normalized spacial score (nSPS) is 51.8. The summed E-state index contributed by atoms with van der Waals surface area (Å²) in [5.74, 6) is 3.25. The first-order valence-electron chi connectivity index (χ1n) is 5.65. The van der Waals surface area contributed by atoms with Crippen molar-refractivity contribution >= 4 is 0 Å². The molecule has 0 aromatic carbocycles. The second kappa shape index (κ2) is 2.75. The van der Waals surface area contributed by atoms with Crippen molar-refractivity contribution in [1.29, 1.82) is 0 Å². The fourth-order valence-electron chi connectivity index (χ4n) is 3.93. The lowest BCUT2D eigenvalue weighted by molar-refractivity contribution is -0.0121. The van der Waals surface area contributed by atoms with Gasteiger partial charge in [-0.15, -0.1) is 0 Å². The lowest BCUT2D eigenvalue weighted by Gasteiger charge is -2.51. The Morgan fingerprint density at radius 3 is 2.67 bits per heavy atom. The molecule has 0 amide bonds. The Kier molecular flexibility index (Phi) is 1.97. The van der Waals surface area contributed by atoms with Crippen LogP contribution in [0.4, 0.5) is 0 Å². The second-order valence-electron chi connectivity index (χ2n) is 5.55. The largest absolute Gasteiger partial charge is 0.0654 e. The zero-order valence-electron chi connectivity index (χ0n) is 8.77. The third-order valence-electron chi connectivity index (χ3n) is 4.38. The van der Waals surface area contributed by atoms with Crippen LogP contribution in [0.1, 0.15) is 52.9 Å². The van der Waals surface area contributed by atoms with Crippen LogP contribution < -0.4 is 0 Å². The number of fused-ring (bicyclic) bond motifs is 1. The number of hydrogen-bond donors (Lipinski definition) is 0. The van der Waals surface area contributed by atoms with Gasteiger partial charge in [-0.2, -0.15) is 0 Å². The lowest BCUT2D eigenvalue weighted by atomic mass is 9.54. The summed E-state index contributed by atoms with van der Waals surface area (Å²) in [5, 5.41) is 0. The molecule has 2 aliphatic rings. The summed E-state index contributed by atoms with van der Waals surface area (Å²) in [7, 11) is 0. The summed E-state index contributed by atoms with van der Waals surface area (Å²) in [4.78, 5) is 0. The summed E-state index contributed by atoms with van der Waals surface area (Å²) in [6, 6.07) is 0. The first-order valence-corrected chi connectivity index (χ1v) is 5.65. The molecule has 2 fully saturated rings. The van der Waals surface area contributed by atoms with Gasteiger partial charge in [0.15, 0.2) is 0 Å². The molecule has 0 radical (unpaired) electrons. The summed E-state index contributed by atoms with van der Waals surface area (Å²) >= 11 is 0. The van der Waals surface area contributed by atoms with E-state index in [1.165, 1.54) is 32.1 Å². The predicted octanol–water partition coefficient (Wildman–Crippen LogP) is 3.86. The number of hydrogen-bond acceptors (Lipinski definition) is 0. The van der Waals surface area contributed by atoms with Crippen LogP contribution >= 0.6 is 0 Å². The van der Waals surface area contributed by atoms with Crippen LogP contribution in [0, 0.1) is 23.2 Å². The fourth-order valence-corrected chi connectivity index (χ4v) is 3.93. The molecule has 0 bridgehead atoms. The minimum Gasteiger partial charge on any atom is -0.0654 e. The molecule has 12 heavy (non-hydrogen) atoms. The first kappa shape index (κ1) is 8.59. The molecule has 4 unspecified atom stereocenters. The molecule has 0 aromatic heterocycles. The predicted molar refractivity (Wildman–Crippen MR) is 53.0 cm³/mol. The van der Waals surface area contributed by atoms with E-state index in [1.807, 2.05) is 0 Å². The van der Waals surface area contributed by atoms with Gasteiger partial charge in [0.05, 0.1) is 0 Å². The highest BCUT2D eigenvalue weighted by atomic mass is 14.6. The van der Waals surface area contributed by atoms with Gasteiger partial charge in [-0.1, -0.05) is 27.2 Å². The Morgan fingerprint density at radius 2 is 2.08 bits per heavy atom. The Hall–Kier alpha value is 0. The lowest BCUT2D eigenvalue weighted by Crippen LogP contribution is -2.42. The SMILES string of the molecule is CCCC1(C)CC2CC(C)CC21.